The molecule has 0 saturated carbocycles. The summed E-state index contributed by atoms with van der Waals surface area (Å²) in [5, 5.41) is 21.2. The number of thioether (sulfide) groups is 1. The summed E-state index contributed by atoms with van der Waals surface area (Å²) in [6.07, 6.45) is 1.58. The molecule has 0 atom stereocenters. The van der Waals surface area contributed by atoms with Crippen LogP contribution in [0.3, 0.4) is 0 Å². The van der Waals surface area contributed by atoms with Crippen LogP contribution in [0.15, 0.2) is 29.6 Å². The quantitative estimate of drug-likeness (QED) is 0.521. The van der Waals surface area contributed by atoms with Crippen molar-refractivity contribution in [1.82, 2.24) is 9.55 Å². The third-order valence-corrected chi connectivity index (χ3v) is 4.13. The molecule has 6 nitrogen and oxygen atoms in total. The Balaban J connectivity index is 2.20. The van der Waals surface area contributed by atoms with E-state index >= 15 is 0 Å². The van der Waals surface area contributed by atoms with E-state index in [0.717, 1.165) is 0 Å². The summed E-state index contributed by atoms with van der Waals surface area (Å²) >= 11 is 7.23. The predicted molar refractivity (Wildman–Crippen MR) is 76.8 cm³/mol. The van der Waals surface area contributed by atoms with Crippen molar-refractivity contribution in [1.29, 1.82) is 0 Å². The topological polar surface area (TPSA) is 81.2 Å². The van der Waals surface area contributed by atoms with Crippen LogP contribution in [-0.2, 0) is 19.4 Å². The van der Waals surface area contributed by atoms with Crippen LogP contribution in [0.1, 0.15) is 11.3 Å². The zero-order valence-corrected chi connectivity index (χ0v) is 12.2. The van der Waals surface area contributed by atoms with Crippen LogP contribution in [0.5, 0.6) is 0 Å². The maximum Gasteiger partial charge on any atom is 0.273 e. The fraction of sp³-hybridized carbons (Fsp3) is 0.250. The van der Waals surface area contributed by atoms with Gasteiger partial charge < -0.3 is 9.67 Å². The molecule has 20 heavy (non-hydrogen) atoms. The normalized spacial score (nSPS) is 10.8. The van der Waals surface area contributed by atoms with Gasteiger partial charge in [0, 0.05) is 29.5 Å². The van der Waals surface area contributed by atoms with Crippen LogP contribution >= 0.6 is 23.4 Å². The summed E-state index contributed by atoms with van der Waals surface area (Å²) in [5.74, 6) is 0.382. The Hall–Kier alpha value is -1.57. The highest BCUT2D eigenvalue weighted by atomic mass is 35.5. The van der Waals surface area contributed by atoms with Gasteiger partial charge in [-0.1, -0.05) is 23.4 Å². The lowest BCUT2D eigenvalue weighted by molar-refractivity contribution is -0.385. The second-order valence-electron chi connectivity index (χ2n) is 4.07. The molecule has 0 spiro atoms. The maximum absolute atomic E-state index is 11.0. The SMILES string of the molecule is Cn1c(CO)cnc1SCc1cc(Cl)ccc1[N+](=O)[O-]. The van der Waals surface area contributed by atoms with Crippen molar-refractivity contribution in [2.75, 3.05) is 0 Å². The molecule has 0 aliphatic rings. The molecule has 0 bridgehead atoms. The number of imidazole rings is 1. The molecule has 1 aromatic heterocycles. The lowest BCUT2D eigenvalue weighted by Crippen LogP contribution is -1.98. The highest BCUT2D eigenvalue weighted by Gasteiger charge is 2.15. The van der Waals surface area contributed by atoms with Gasteiger partial charge >= 0.3 is 0 Å². The minimum Gasteiger partial charge on any atom is -0.390 e. The standard InChI is InChI=1S/C12H12ClN3O3S/c1-15-10(6-17)5-14-12(15)20-7-8-4-9(13)2-3-11(8)16(18)19/h2-5,17H,6-7H2,1H3. The zero-order chi connectivity index (χ0) is 14.7. The molecule has 2 aromatic rings. The Morgan fingerprint density at radius 3 is 2.90 bits per heavy atom. The summed E-state index contributed by atoms with van der Waals surface area (Å²) in [4.78, 5) is 14.7. The van der Waals surface area contributed by atoms with Crippen molar-refractivity contribution < 1.29 is 10.0 Å². The fourth-order valence-electron chi connectivity index (χ4n) is 1.70. The van der Waals surface area contributed by atoms with Crippen LogP contribution in [-0.4, -0.2) is 19.6 Å². The lowest BCUT2D eigenvalue weighted by Gasteiger charge is -2.05. The minimum absolute atomic E-state index is 0.0403. The predicted octanol–water partition coefficient (Wildman–Crippen LogP) is 2.77. The number of halogens is 1. The van der Waals surface area contributed by atoms with Crippen LogP contribution in [0.25, 0.3) is 0 Å². The van der Waals surface area contributed by atoms with E-state index in [9.17, 15) is 10.1 Å². The van der Waals surface area contributed by atoms with Crippen molar-refractivity contribution in [3.63, 3.8) is 0 Å². The summed E-state index contributed by atoms with van der Waals surface area (Å²) in [6.45, 7) is -0.0959. The monoisotopic (exact) mass is 313 g/mol. The van der Waals surface area contributed by atoms with E-state index in [-0.39, 0.29) is 12.3 Å². The molecule has 0 radical (unpaired) electrons. The molecule has 1 heterocycles. The molecular weight excluding hydrogens is 302 g/mol. The third-order valence-electron chi connectivity index (χ3n) is 2.80. The first-order chi connectivity index (χ1) is 9.52. The molecule has 0 fully saturated rings. The molecule has 2 rings (SSSR count). The number of aromatic nitrogens is 2. The number of nitro benzene ring substituents is 1. The number of hydrogen-bond acceptors (Lipinski definition) is 5. The summed E-state index contributed by atoms with van der Waals surface area (Å²) in [7, 11) is 1.78. The molecule has 0 amide bonds. The van der Waals surface area contributed by atoms with Gasteiger partial charge in [0.25, 0.3) is 5.69 Å². The van der Waals surface area contributed by atoms with Gasteiger partial charge in [-0.15, -0.1) is 0 Å². The molecule has 0 saturated heterocycles. The van der Waals surface area contributed by atoms with E-state index in [1.807, 2.05) is 0 Å². The van der Waals surface area contributed by atoms with Crippen molar-refractivity contribution in [3.05, 3.63) is 50.8 Å². The fourth-order valence-corrected chi connectivity index (χ4v) is 2.85. The lowest BCUT2D eigenvalue weighted by atomic mass is 10.2. The number of benzene rings is 1. The second kappa shape index (κ2) is 6.25. The highest BCUT2D eigenvalue weighted by molar-refractivity contribution is 7.98. The van der Waals surface area contributed by atoms with Gasteiger partial charge in [-0.05, 0) is 12.1 Å². The minimum atomic E-state index is -0.427. The Morgan fingerprint density at radius 2 is 2.30 bits per heavy atom. The number of rotatable bonds is 5. The van der Waals surface area contributed by atoms with Gasteiger partial charge in [0.05, 0.1) is 23.4 Å². The van der Waals surface area contributed by atoms with Crippen molar-refractivity contribution in [2.45, 2.75) is 17.5 Å². The largest absolute Gasteiger partial charge is 0.390 e. The molecular formula is C12H12ClN3O3S. The molecule has 106 valence electrons. The van der Waals surface area contributed by atoms with Crippen LogP contribution in [0.2, 0.25) is 5.02 Å². The van der Waals surface area contributed by atoms with Gasteiger partial charge in [-0.25, -0.2) is 4.98 Å². The van der Waals surface area contributed by atoms with Gasteiger partial charge in [0.1, 0.15) is 0 Å². The number of nitro groups is 1. The van der Waals surface area contributed by atoms with E-state index in [2.05, 4.69) is 4.98 Å². The maximum atomic E-state index is 11.0. The first kappa shape index (κ1) is 14.8. The van der Waals surface area contributed by atoms with E-state index in [1.165, 1.54) is 23.9 Å². The molecule has 0 aliphatic heterocycles. The summed E-state index contributed by atoms with van der Waals surface area (Å²) < 4.78 is 1.75. The Morgan fingerprint density at radius 1 is 1.55 bits per heavy atom. The average Bonchev–Trinajstić information content (AvgIpc) is 2.76. The van der Waals surface area contributed by atoms with Crippen LogP contribution in [0.4, 0.5) is 5.69 Å². The van der Waals surface area contributed by atoms with Gasteiger partial charge in [0.15, 0.2) is 5.16 Å². The first-order valence-electron chi connectivity index (χ1n) is 5.70. The van der Waals surface area contributed by atoms with E-state index in [0.29, 0.717) is 27.2 Å². The highest BCUT2D eigenvalue weighted by Crippen LogP contribution is 2.29. The van der Waals surface area contributed by atoms with Crippen molar-refractivity contribution >= 4 is 29.1 Å². The van der Waals surface area contributed by atoms with Gasteiger partial charge in [-0.3, -0.25) is 10.1 Å². The molecule has 8 heteroatoms. The van der Waals surface area contributed by atoms with E-state index in [1.54, 1.807) is 23.9 Å². The molecule has 0 aliphatic carbocycles. The number of aliphatic hydroxyl groups is 1. The molecule has 0 unspecified atom stereocenters. The van der Waals surface area contributed by atoms with Gasteiger partial charge in [-0.2, -0.15) is 0 Å². The Kier molecular flexibility index (Phi) is 4.64. The number of nitrogens with zero attached hydrogens (tertiary/aromatic N) is 3. The Bertz CT molecular complexity index is 645. The summed E-state index contributed by atoms with van der Waals surface area (Å²) in [6, 6.07) is 4.48. The van der Waals surface area contributed by atoms with E-state index < -0.39 is 4.92 Å². The Labute approximate surface area is 124 Å². The van der Waals surface area contributed by atoms with Crippen molar-refractivity contribution in [3.8, 4) is 0 Å². The smallest absolute Gasteiger partial charge is 0.273 e. The third kappa shape index (κ3) is 3.12. The van der Waals surface area contributed by atoms with Crippen molar-refractivity contribution in [2.24, 2.45) is 7.05 Å². The molecule has 1 N–H and O–H groups in total. The number of aliphatic hydroxyl groups excluding tert-OH is 1. The van der Waals surface area contributed by atoms with Crippen LogP contribution in [0, 0.1) is 10.1 Å². The zero-order valence-electron chi connectivity index (χ0n) is 10.6. The van der Waals surface area contributed by atoms with E-state index in [4.69, 9.17) is 16.7 Å². The second-order valence-corrected chi connectivity index (χ2v) is 5.45. The number of hydrogen-bond donors (Lipinski definition) is 1. The first-order valence-corrected chi connectivity index (χ1v) is 7.06. The average molecular weight is 314 g/mol. The summed E-state index contributed by atoms with van der Waals surface area (Å²) in [5.41, 5.74) is 1.27. The molecule has 1 aromatic carbocycles. The van der Waals surface area contributed by atoms with Crippen LogP contribution < -0.4 is 0 Å². The van der Waals surface area contributed by atoms with Gasteiger partial charge in [0.2, 0.25) is 0 Å².